The van der Waals surface area contributed by atoms with Crippen molar-refractivity contribution in [3.8, 4) is 0 Å². The van der Waals surface area contributed by atoms with Crippen LogP contribution in [0.25, 0.3) is 0 Å². The van der Waals surface area contributed by atoms with Crippen molar-refractivity contribution in [1.29, 1.82) is 0 Å². The van der Waals surface area contributed by atoms with Gasteiger partial charge in [0, 0.05) is 23.0 Å². The number of hydrogen-bond acceptors (Lipinski definition) is 3. The zero-order valence-corrected chi connectivity index (χ0v) is 10.1. The molecule has 0 fully saturated rings. The van der Waals surface area contributed by atoms with Crippen LogP contribution in [0, 0.1) is 0 Å². The molecule has 1 atom stereocenters. The van der Waals surface area contributed by atoms with Gasteiger partial charge in [-0.2, -0.15) is 0 Å². The van der Waals surface area contributed by atoms with Crippen molar-refractivity contribution < 1.29 is 10.0 Å². The first kappa shape index (κ1) is 13.3. The Morgan fingerprint density at radius 2 is 2.35 bits per heavy atom. The zero-order valence-electron chi connectivity index (χ0n) is 9.35. The lowest BCUT2D eigenvalue weighted by atomic mass is 10.1. The molecule has 6 heteroatoms. The third-order valence-electron chi connectivity index (χ3n) is 2.11. The van der Waals surface area contributed by atoms with Gasteiger partial charge in [-0.25, -0.2) is 0 Å². The summed E-state index contributed by atoms with van der Waals surface area (Å²) in [5, 5.41) is 14.5. The van der Waals surface area contributed by atoms with E-state index in [-0.39, 0.29) is 24.2 Å². The molecule has 0 aromatic heterocycles. The lowest BCUT2D eigenvalue weighted by Crippen LogP contribution is -2.35. The van der Waals surface area contributed by atoms with E-state index in [0.717, 1.165) is 0 Å². The molecule has 92 valence electrons. The Balaban J connectivity index is 2.60. The third-order valence-corrected chi connectivity index (χ3v) is 2.34. The van der Waals surface area contributed by atoms with E-state index in [9.17, 15) is 4.79 Å². The summed E-state index contributed by atoms with van der Waals surface area (Å²) in [5.74, 6) is -0.172. The fraction of sp³-hybridized carbons (Fsp3) is 0.273. The van der Waals surface area contributed by atoms with E-state index in [1.807, 2.05) is 0 Å². The Kier molecular flexibility index (Phi) is 4.78. The second-order valence-electron chi connectivity index (χ2n) is 3.68. The van der Waals surface area contributed by atoms with Gasteiger partial charge in [0.25, 0.3) is 5.91 Å². The first-order valence-electron chi connectivity index (χ1n) is 5.05. The molecule has 17 heavy (non-hydrogen) atoms. The monoisotopic (exact) mass is 255 g/mol. The molecule has 0 aliphatic rings. The molecule has 0 bridgehead atoms. The molecule has 5 nitrogen and oxygen atoms in total. The first-order chi connectivity index (χ1) is 8.02. The number of nitrogens with zero attached hydrogens (tertiary/aromatic N) is 1. The molecule has 1 aromatic carbocycles. The number of oxime groups is 1. The fourth-order valence-corrected chi connectivity index (χ4v) is 1.53. The number of amidine groups is 1. The number of rotatable bonds is 4. The van der Waals surface area contributed by atoms with E-state index in [0.29, 0.717) is 10.6 Å². The maximum atomic E-state index is 11.8. The highest BCUT2D eigenvalue weighted by Gasteiger charge is 2.11. The van der Waals surface area contributed by atoms with Crippen molar-refractivity contribution in [1.82, 2.24) is 5.32 Å². The van der Waals surface area contributed by atoms with Crippen molar-refractivity contribution in [2.45, 2.75) is 19.4 Å². The van der Waals surface area contributed by atoms with Crippen LogP contribution in [-0.4, -0.2) is 23.0 Å². The van der Waals surface area contributed by atoms with Crippen LogP contribution >= 0.6 is 11.6 Å². The molecule has 1 rings (SSSR count). The summed E-state index contributed by atoms with van der Waals surface area (Å²) in [6, 6.07) is 6.41. The number of halogens is 1. The van der Waals surface area contributed by atoms with Crippen LogP contribution in [0.2, 0.25) is 5.02 Å². The summed E-state index contributed by atoms with van der Waals surface area (Å²) < 4.78 is 0. The van der Waals surface area contributed by atoms with Gasteiger partial charge in [0.05, 0.1) is 0 Å². The summed E-state index contributed by atoms with van der Waals surface area (Å²) >= 11 is 5.78. The van der Waals surface area contributed by atoms with Crippen molar-refractivity contribution in [3.63, 3.8) is 0 Å². The molecule has 0 radical (unpaired) electrons. The number of nitrogens with one attached hydrogen (secondary N) is 1. The Labute approximate surface area is 104 Å². The minimum atomic E-state index is -0.245. The maximum Gasteiger partial charge on any atom is 0.251 e. The number of hydrogen-bond donors (Lipinski definition) is 3. The molecule has 0 aliphatic carbocycles. The van der Waals surface area contributed by atoms with Crippen molar-refractivity contribution in [2.24, 2.45) is 10.9 Å². The van der Waals surface area contributed by atoms with E-state index in [1.54, 1.807) is 31.2 Å². The fourth-order valence-electron chi connectivity index (χ4n) is 1.34. The average Bonchev–Trinajstić information content (AvgIpc) is 2.28. The summed E-state index contributed by atoms with van der Waals surface area (Å²) in [6.45, 7) is 1.76. The van der Waals surface area contributed by atoms with Crippen LogP contribution in [0.3, 0.4) is 0 Å². The Hall–Kier alpha value is -1.75. The Morgan fingerprint density at radius 1 is 1.65 bits per heavy atom. The Bertz CT molecular complexity index is 434. The highest BCUT2D eigenvalue weighted by molar-refractivity contribution is 6.30. The van der Waals surface area contributed by atoms with Crippen LogP contribution in [0.4, 0.5) is 0 Å². The van der Waals surface area contributed by atoms with Gasteiger partial charge in [-0.05, 0) is 25.1 Å². The van der Waals surface area contributed by atoms with Gasteiger partial charge < -0.3 is 16.3 Å². The number of carbonyl (C=O) groups is 1. The number of nitrogens with two attached hydrogens (primary N) is 1. The summed E-state index contributed by atoms with van der Waals surface area (Å²) in [6.07, 6.45) is 0.281. The average molecular weight is 256 g/mol. The van der Waals surface area contributed by atoms with Crippen LogP contribution in [0.15, 0.2) is 29.4 Å². The predicted octanol–water partition coefficient (Wildman–Crippen LogP) is 1.59. The molecule has 1 aromatic rings. The summed E-state index contributed by atoms with van der Waals surface area (Å²) in [5.41, 5.74) is 5.82. The van der Waals surface area contributed by atoms with Gasteiger partial charge in [0.2, 0.25) is 0 Å². The van der Waals surface area contributed by atoms with E-state index >= 15 is 0 Å². The summed E-state index contributed by atoms with van der Waals surface area (Å²) in [4.78, 5) is 11.8. The highest BCUT2D eigenvalue weighted by Crippen LogP contribution is 2.10. The molecular formula is C11H14ClN3O2. The van der Waals surface area contributed by atoms with Crippen molar-refractivity contribution >= 4 is 23.3 Å². The molecule has 1 amide bonds. The van der Waals surface area contributed by atoms with Crippen molar-refractivity contribution in [3.05, 3.63) is 34.9 Å². The van der Waals surface area contributed by atoms with Crippen molar-refractivity contribution in [2.75, 3.05) is 0 Å². The second kappa shape index (κ2) is 6.10. The summed E-state index contributed by atoms with van der Waals surface area (Å²) in [7, 11) is 0. The van der Waals surface area contributed by atoms with Crippen LogP contribution in [-0.2, 0) is 0 Å². The lowest BCUT2D eigenvalue weighted by molar-refractivity contribution is 0.0941. The van der Waals surface area contributed by atoms with Gasteiger partial charge in [-0.15, -0.1) is 0 Å². The standard InChI is InChI=1S/C11H14ClN3O2/c1-7(5-10(13)15-17)14-11(16)8-3-2-4-9(12)6-8/h2-4,6-7,17H,5H2,1H3,(H2,13,15)(H,14,16). The van der Waals surface area contributed by atoms with E-state index < -0.39 is 0 Å². The maximum absolute atomic E-state index is 11.8. The minimum Gasteiger partial charge on any atom is -0.409 e. The molecular weight excluding hydrogens is 242 g/mol. The molecule has 0 spiro atoms. The van der Waals surface area contributed by atoms with E-state index in [4.69, 9.17) is 22.5 Å². The number of carbonyl (C=O) groups excluding carboxylic acids is 1. The van der Waals surface area contributed by atoms with E-state index in [2.05, 4.69) is 10.5 Å². The normalized spacial score (nSPS) is 13.2. The smallest absolute Gasteiger partial charge is 0.251 e. The molecule has 0 aliphatic heterocycles. The number of amides is 1. The predicted molar refractivity (Wildman–Crippen MR) is 66.4 cm³/mol. The third kappa shape index (κ3) is 4.32. The molecule has 1 unspecified atom stereocenters. The minimum absolute atomic E-state index is 0.0731. The van der Waals surface area contributed by atoms with E-state index in [1.165, 1.54) is 0 Å². The quantitative estimate of drug-likeness (QED) is 0.330. The van der Waals surface area contributed by atoms with Crippen LogP contribution < -0.4 is 11.1 Å². The zero-order chi connectivity index (χ0) is 12.8. The van der Waals surface area contributed by atoms with Gasteiger partial charge in [-0.1, -0.05) is 22.8 Å². The molecule has 0 heterocycles. The SMILES string of the molecule is CC(CC(N)=NO)NC(=O)c1cccc(Cl)c1. The Morgan fingerprint density at radius 3 is 2.94 bits per heavy atom. The molecule has 0 saturated heterocycles. The lowest BCUT2D eigenvalue weighted by Gasteiger charge is -2.12. The van der Waals surface area contributed by atoms with Crippen LogP contribution in [0.1, 0.15) is 23.7 Å². The molecule has 4 N–H and O–H groups in total. The number of benzene rings is 1. The topological polar surface area (TPSA) is 87.7 Å². The van der Waals surface area contributed by atoms with Gasteiger partial charge in [-0.3, -0.25) is 4.79 Å². The van der Waals surface area contributed by atoms with Gasteiger partial charge in [0.1, 0.15) is 5.84 Å². The van der Waals surface area contributed by atoms with Crippen LogP contribution in [0.5, 0.6) is 0 Å². The largest absolute Gasteiger partial charge is 0.409 e. The van der Waals surface area contributed by atoms with Gasteiger partial charge >= 0.3 is 0 Å². The highest BCUT2D eigenvalue weighted by atomic mass is 35.5. The second-order valence-corrected chi connectivity index (χ2v) is 4.12. The first-order valence-corrected chi connectivity index (χ1v) is 5.43. The molecule has 0 saturated carbocycles. The van der Waals surface area contributed by atoms with Gasteiger partial charge in [0.15, 0.2) is 0 Å².